The lowest BCUT2D eigenvalue weighted by molar-refractivity contribution is -0.384. The van der Waals surface area contributed by atoms with Crippen LogP contribution in [0.4, 0.5) is 27.6 Å². The lowest BCUT2D eigenvalue weighted by Crippen LogP contribution is -2.64. The van der Waals surface area contributed by atoms with Gasteiger partial charge in [0.05, 0.1) is 32.7 Å². The highest BCUT2D eigenvalue weighted by Crippen LogP contribution is 2.46. The average molecular weight is 913 g/mol. The van der Waals surface area contributed by atoms with Crippen molar-refractivity contribution >= 4 is 71.6 Å². The molecule has 0 aliphatic carbocycles. The fourth-order valence-corrected chi connectivity index (χ4v) is 9.40. The summed E-state index contributed by atoms with van der Waals surface area (Å²) in [5.41, 5.74) is -2.70. The molecule has 3 atom stereocenters. The predicted molar refractivity (Wildman–Crippen MR) is 226 cm³/mol. The molecular formula is C41H45F5N2O8S3Si. The third-order valence-corrected chi connectivity index (χ3v) is 17.4. The number of carbonyl (C=O) groups is 3. The summed E-state index contributed by atoms with van der Waals surface area (Å²) in [4.78, 5) is 53.6. The molecule has 0 radical (unpaired) electrons. The van der Waals surface area contributed by atoms with Crippen LogP contribution < -0.4 is 4.74 Å². The summed E-state index contributed by atoms with van der Waals surface area (Å²) in [5, 5.41) is 9.46. The number of thioether (sulfide) groups is 2. The number of non-ortho nitro benzene ring substituents is 1. The fraction of sp³-hybridized carbons (Fsp3) is 0.415. The number of halogens is 5. The van der Waals surface area contributed by atoms with E-state index in [1.807, 2.05) is 6.92 Å². The van der Waals surface area contributed by atoms with Crippen molar-refractivity contribution in [2.75, 3.05) is 5.75 Å². The molecule has 4 rings (SSSR count). The topological polar surface area (TPSA) is 125 Å². The van der Waals surface area contributed by atoms with E-state index in [0.29, 0.717) is 23.1 Å². The van der Waals surface area contributed by atoms with Crippen LogP contribution in [0.1, 0.15) is 72.1 Å². The molecule has 0 spiro atoms. The average Bonchev–Trinajstić information content (AvgIpc) is 3.16. The second-order valence-electron chi connectivity index (χ2n) is 16.3. The van der Waals surface area contributed by atoms with Crippen molar-refractivity contribution < 1.29 is 55.2 Å². The van der Waals surface area contributed by atoms with Crippen molar-refractivity contribution in [3.8, 4) is 5.75 Å². The van der Waals surface area contributed by atoms with Gasteiger partial charge in [-0.15, -0.1) is 11.8 Å². The number of ether oxygens (including phenoxy) is 2. The first kappa shape index (κ1) is 48.5. The third kappa shape index (κ3) is 10.5. The highest BCUT2D eigenvalue weighted by Gasteiger charge is 2.56. The smallest absolute Gasteiger partial charge is 0.359 e. The molecule has 1 aliphatic heterocycles. The summed E-state index contributed by atoms with van der Waals surface area (Å²) in [5.74, 6) is -12.8. The standard InChI is InChI=1S/C41H45F5N2O8S3Si/c1-11-58-36-26(21(2)56-60(9,10)41(6,7)8)35(49)47(36)33(37(50)54-20-22-12-16-24(17-13-22)48(52)53)38(59-39(51)40(3,4)5)55-25-18-14-23(15-19-25)34(57)27-28(42)30(44)32(46)31(45)29(27)43/h12-19,21,26,36H,11,20H2,1-10H3/t21-,26+,36-/m1/s1. The normalized spacial score (nSPS) is 16.8. The minimum atomic E-state index is -2.40. The number of esters is 1. The van der Waals surface area contributed by atoms with Crippen LogP contribution in [0, 0.1) is 50.5 Å². The minimum absolute atomic E-state index is 0.0808. The molecule has 10 nitrogen and oxygen atoms in total. The van der Waals surface area contributed by atoms with E-state index in [1.165, 1.54) is 65.2 Å². The number of hydrogen-bond donors (Lipinski definition) is 0. The highest BCUT2D eigenvalue weighted by atomic mass is 32.2. The van der Waals surface area contributed by atoms with Crippen LogP contribution in [0.25, 0.3) is 0 Å². The Morgan fingerprint density at radius 2 is 1.45 bits per heavy atom. The number of nitrogens with zero attached hydrogens (tertiary/aromatic N) is 2. The van der Waals surface area contributed by atoms with E-state index < -0.39 is 105 Å². The molecule has 3 aromatic rings. The van der Waals surface area contributed by atoms with Crippen LogP contribution in [0.15, 0.2) is 59.3 Å². The Balaban J connectivity index is 1.84. The number of likely N-dealkylation sites (tertiary alicyclic amines) is 1. The molecule has 1 saturated heterocycles. The first-order valence-electron chi connectivity index (χ1n) is 18.6. The lowest BCUT2D eigenvalue weighted by Gasteiger charge is -2.51. The highest BCUT2D eigenvalue weighted by molar-refractivity contribution is 8.16. The molecule has 0 bridgehead atoms. The molecule has 0 saturated carbocycles. The number of carbonyl (C=O) groups excluding carboxylic acids is 3. The van der Waals surface area contributed by atoms with Gasteiger partial charge in [0.2, 0.25) is 16.8 Å². The van der Waals surface area contributed by atoms with Crippen LogP contribution in [0.5, 0.6) is 5.75 Å². The maximum absolute atomic E-state index is 14.7. The van der Waals surface area contributed by atoms with E-state index in [9.17, 15) is 46.5 Å². The summed E-state index contributed by atoms with van der Waals surface area (Å²) in [6, 6.07) is 10.1. The van der Waals surface area contributed by atoms with E-state index in [2.05, 4.69) is 33.9 Å². The van der Waals surface area contributed by atoms with Crippen molar-refractivity contribution in [2.24, 2.45) is 11.3 Å². The lowest BCUT2D eigenvalue weighted by atomic mass is 9.92. The van der Waals surface area contributed by atoms with Crippen molar-refractivity contribution in [3.05, 3.63) is 115 Å². The second kappa shape index (κ2) is 18.8. The van der Waals surface area contributed by atoms with Crippen molar-refractivity contribution in [1.82, 2.24) is 4.90 Å². The zero-order valence-electron chi connectivity index (χ0n) is 34.5. The predicted octanol–water partition coefficient (Wildman–Crippen LogP) is 10.6. The molecule has 324 valence electrons. The van der Waals surface area contributed by atoms with Crippen LogP contribution in [0.2, 0.25) is 18.1 Å². The number of nitro groups is 1. The van der Waals surface area contributed by atoms with Crippen molar-refractivity contribution in [1.29, 1.82) is 0 Å². The van der Waals surface area contributed by atoms with Gasteiger partial charge in [0.15, 0.2) is 42.4 Å². The number of rotatable bonds is 15. The number of hydrogen-bond acceptors (Lipinski definition) is 11. The Hall–Kier alpha value is -4.17. The van der Waals surface area contributed by atoms with Gasteiger partial charge in [-0.2, -0.15) is 0 Å². The Morgan fingerprint density at radius 1 is 0.917 bits per heavy atom. The Kier molecular flexibility index (Phi) is 15.2. The second-order valence-corrected chi connectivity index (χ2v) is 23.8. The summed E-state index contributed by atoms with van der Waals surface area (Å²) >= 11 is 7.00. The van der Waals surface area contributed by atoms with Gasteiger partial charge in [0.1, 0.15) is 12.4 Å². The number of nitro benzene ring substituents is 1. The zero-order chi connectivity index (χ0) is 45.2. The molecule has 0 N–H and O–H groups in total. The van der Waals surface area contributed by atoms with Crippen LogP contribution >= 0.6 is 35.7 Å². The van der Waals surface area contributed by atoms with Gasteiger partial charge in [-0.1, -0.05) is 60.7 Å². The Bertz CT molecular complexity index is 2180. The number of thiocarbonyl (C=S) groups is 1. The van der Waals surface area contributed by atoms with E-state index in [4.69, 9.17) is 26.1 Å². The van der Waals surface area contributed by atoms with Crippen LogP contribution in [-0.2, 0) is 30.2 Å². The largest absolute Gasteiger partial charge is 0.456 e. The monoisotopic (exact) mass is 912 g/mol. The van der Waals surface area contributed by atoms with Gasteiger partial charge in [-0.3, -0.25) is 24.6 Å². The minimum Gasteiger partial charge on any atom is -0.456 e. The summed E-state index contributed by atoms with van der Waals surface area (Å²) in [6.45, 7) is 18.4. The number of β-lactam (4-membered cyclic amide) rings is 1. The molecule has 0 unspecified atom stereocenters. The summed E-state index contributed by atoms with van der Waals surface area (Å²) < 4.78 is 89.6. The first-order valence-corrected chi connectivity index (χ1v) is 23.7. The van der Waals surface area contributed by atoms with E-state index in [0.717, 1.165) is 0 Å². The van der Waals surface area contributed by atoms with Crippen LogP contribution in [0.3, 0.4) is 0 Å². The molecule has 3 aromatic carbocycles. The van der Waals surface area contributed by atoms with Gasteiger partial charge in [0, 0.05) is 17.5 Å². The van der Waals surface area contributed by atoms with E-state index in [-0.39, 0.29) is 27.1 Å². The maximum atomic E-state index is 14.7. The summed E-state index contributed by atoms with van der Waals surface area (Å²) in [6.07, 6.45) is -0.585. The summed E-state index contributed by atoms with van der Waals surface area (Å²) in [7, 11) is -2.40. The van der Waals surface area contributed by atoms with Crippen LogP contribution in [-0.4, -0.2) is 57.2 Å². The SMILES string of the molecule is CCS[C@@H]1[C@@H]([C@@H](C)O[Si](C)(C)C(C)(C)C)C(=O)N1C(C(=O)OCc1ccc([N+](=O)[O-])cc1)=C(Oc1ccc(C(=S)c2c(F)c(F)c(F)c(F)c2F)cc1)SC(=O)C(C)(C)C. The van der Waals surface area contributed by atoms with Gasteiger partial charge >= 0.3 is 5.97 Å². The Morgan fingerprint density at radius 3 is 1.93 bits per heavy atom. The van der Waals surface area contributed by atoms with Crippen molar-refractivity contribution in [3.63, 3.8) is 0 Å². The molecule has 1 heterocycles. The molecule has 1 fully saturated rings. The third-order valence-electron chi connectivity index (χ3n) is 9.92. The molecule has 60 heavy (non-hydrogen) atoms. The van der Waals surface area contributed by atoms with E-state index in [1.54, 1.807) is 27.7 Å². The molecule has 19 heteroatoms. The maximum Gasteiger partial charge on any atom is 0.359 e. The first-order chi connectivity index (χ1) is 27.7. The van der Waals surface area contributed by atoms with Crippen molar-refractivity contribution in [2.45, 2.75) is 91.6 Å². The van der Waals surface area contributed by atoms with Gasteiger partial charge in [-0.25, -0.2) is 26.7 Å². The molecule has 1 aliphatic rings. The number of benzene rings is 3. The molecular weight excluding hydrogens is 868 g/mol. The van der Waals surface area contributed by atoms with Gasteiger partial charge in [0.25, 0.3) is 5.69 Å². The Labute approximate surface area is 359 Å². The quantitative estimate of drug-likeness (QED) is 0.0118. The molecule has 1 amide bonds. The number of amides is 1. The van der Waals surface area contributed by atoms with E-state index >= 15 is 0 Å². The molecule has 0 aromatic heterocycles. The zero-order valence-corrected chi connectivity index (χ0v) is 38.0. The van der Waals surface area contributed by atoms with Gasteiger partial charge < -0.3 is 13.9 Å². The fourth-order valence-electron chi connectivity index (χ4n) is 5.52. The van der Waals surface area contributed by atoms with Gasteiger partial charge in [-0.05, 0) is 90.1 Å².